The monoisotopic (exact) mass is 638 g/mol. The molecule has 2 N–H and O–H groups in total. The Morgan fingerprint density at radius 1 is 0.935 bits per heavy atom. The minimum Gasteiger partial charge on any atom is -0.339 e. The van der Waals surface area contributed by atoms with E-state index in [0.29, 0.717) is 12.0 Å². The summed E-state index contributed by atoms with van der Waals surface area (Å²) in [4.78, 5) is 48.3. The van der Waals surface area contributed by atoms with Gasteiger partial charge >= 0.3 is 12.4 Å². The fourth-order valence-electron chi connectivity index (χ4n) is 4.61. The van der Waals surface area contributed by atoms with E-state index >= 15 is 0 Å². The van der Waals surface area contributed by atoms with Crippen LogP contribution in [0.5, 0.6) is 0 Å². The lowest BCUT2D eigenvalue weighted by Crippen LogP contribution is -2.15. The highest BCUT2D eigenvalue weighted by atomic mass is 19.4. The number of nitrogens with zero attached hydrogens (tertiary/aromatic N) is 4. The number of hydrogen-bond acceptors (Lipinski definition) is 6. The molecule has 0 saturated carbocycles. The number of imidazole rings is 1. The molecule has 6 aromatic rings. The molecule has 3 aromatic carbocycles. The van der Waals surface area contributed by atoms with Crippen molar-refractivity contribution in [3.63, 3.8) is 0 Å². The molecule has 0 bridgehead atoms. The molecule has 6 rings (SSSR count). The van der Waals surface area contributed by atoms with Crippen molar-refractivity contribution in [3.05, 3.63) is 102 Å². The first kappa shape index (κ1) is 31.6. The zero-order chi connectivity index (χ0) is 33.2. The van der Waals surface area contributed by atoms with Crippen molar-refractivity contribution in [1.82, 2.24) is 24.5 Å². The Hall–Kier alpha value is -5.86. The van der Waals surface area contributed by atoms with Gasteiger partial charge in [-0.3, -0.25) is 14.4 Å². The smallest absolute Gasteiger partial charge is 0.339 e. The molecule has 9 nitrogen and oxygen atoms in total. The van der Waals surface area contributed by atoms with E-state index in [-0.39, 0.29) is 16.9 Å². The highest BCUT2D eigenvalue weighted by Crippen LogP contribution is 2.34. The van der Waals surface area contributed by atoms with Crippen molar-refractivity contribution in [2.24, 2.45) is 0 Å². The van der Waals surface area contributed by atoms with Crippen LogP contribution in [-0.2, 0) is 11.0 Å². The Bertz CT molecular complexity index is 2100. The number of halogens is 6. The summed E-state index contributed by atoms with van der Waals surface area (Å²) in [6.45, 7) is 1.93. The molecule has 0 atom stereocenters. The standard InChI is InChI=1S/C29H19F3N6O2.C2HF3O/c1-16-2-4-20(10-24(16)17-3-5-23-25-11-33-14-34-27(25)37-26(23)8-17)36-28(40)18-6-19(29(30,31)32)9-22(7-18)38-12-21(13-39)35-15-38;3-2(4,5)1-6/h2-15H,1H3,(H,36,40)(H,33,34,37);1H. The number of hydrogen-bond donors (Lipinski definition) is 2. The van der Waals surface area contributed by atoms with E-state index < -0.39 is 30.1 Å². The van der Waals surface area contributed by atoms with Crippen LogP contribution >= 0.6 is 0 Å². The number of fused-ring (bicyclic) bond motifs is 3. The molecule has 3 heterocycles. The second-order valence-corrected chi connectivity index (χ2v) is 9.90. The van der Waals surface area contributed by atoms with Crippen molar-refractivity contribution in [2.75, 3.05) is 5.32 Å². The van der Waals surface area contributed by atoms with Crippen LogP contribution in [0.15, 0.2) is 79.6 Å². The van der Waals surface area contributed by atoms with Gasteiger partial charge in [0.1, 0.15) is 24.0 Å². The third kappa shape index (κ3) is 6.93. The maximum Gasteiger partial charge on any atom is 0.446 e. The highest BCUT2D eigenvalue weighted by molar-refractivity contribution is 6.07. The number of alkyl halides is 6. The topological polar surface area (TPSA) is 123 Å². The normalized spacial score (nSPS) is 11.6. The molecule has 0 fully saturated rings. The molecule has 3 aromatic heterocycles. The molecule has 0 aliphatic carbocycles. The van der Waals surface area contributed by atoms with Crippen LogP contribution in [-0.4, -0.2) is 49.2 Å². The zero-order valence-corrected chi connectivity index (χ0v) is 23.4. The van der Waals surface area contributed by atoms with Crippen LogP contribution in [0.1, 0.15) is 32.0 Å². The molecule has 0 aliphatic heterocycles. The number of aromatic amines is 1. The van der Waals surface area contributed by atoms with Gasteiger partial charge in [-0.15, -0.1) is 0 Å². The minimum absolute atomic E-state index is 0.0431. The van der Waals surface area contributed by atoms with E-state index in [1.54, 1.807) is 18.3 Å². The van der Waals surface area contributed by atoms with Gasteiger partial charge in [0.2, 0.25) is 6.29 Å². The number of carbonyl (C=O) groups excluding carboxylic acids is 3. The molecular formula is C31H20F6N6O3. The lowest BCUT2D eigenvalue weighted by atomic mass is 9.98. The summed E-state index contributed by atoms with van der Waals surface area (Å²) in [5.74, 6) is -0.720. The van der Waals surface area contributed by atoms with Gasteiger partial charge in [0, 0.05) is 45.6 Å². The average Bonchev–Trinajstić information content (AvgIpc) is 3.66. The molecule has 0 spiro atoms. The van der Waals surface area contributed by atoms with Crippen molar-refractivity contribution >= 4 is 46.1 Å². The molecule has 0 unspecified atom stereocenters. The van der Waals surface area contributed by atoms with Gasteiger partial charge in [-0.25, -0.2) is 15.0 Å². The number of rotatable bonds is 5. The van der Waals surface area contributed by atoms with E-state index in [9.17, 15) is 35.9 Å². The van der Waals surface area contributed by atoms with Crippen molar-refractivity contribution in [3.8, 4) is 16.8 Å². The molecule has 0 saturated heterocycles. The summed E-state index contributed by atoms with van der Waals surface area (Å²) in [5, 5.41) is 4.59. The highest BCUT2D eigenvalue weighted by Gasteiger charge is 2.32. The van der Waals surface area contributed by atoms with Crippen molar-refractivity contribution in [1.29, 1.82) is 0 Å². The van der Waals surface area contributed by atoms with Gasteiger partial charge < -0.3 is 14.9 Å². The number of nitrogens with one attached hydrogen (secondary N) is 2. The largest absolute Gasteiger partial charge is 0.446 e. The van der Waals surface area contributed by atoms with Gasteiger partial charge in [-0.1, -0.05) is 18.2 Å². The third-order valence-electron chi connectivity index (χ3n) is 6.74. The Kier molecular flexibility index (Phi) is 8.41. The van der Waals surface area contributed by atoms with Crippen LogP contribution in [0.2, 0.25) is 0 Å². The number of aryl methyl sites for hydroxylation is 1. The number of aldehydes is 2. The number of H-pyrrole nitrogens is 1. The number of benzene rings is 3. The molecular weight excluding hydrogens is 618 g/mol. The maximum absolute atomic E-state index is 13.7. The predicted octanol–water partition coefficient (Wildman–Crippen LogP) is 7.10. The first-order valence-corrected chi connectivity index (χ1v) is 13.1. The van der Waals surface area contributed by atoms with Gasteiger partial charge in [-0.2, -0.15) is 26.3 Å². The van der Waals surface area contributed by atoms with E-state index in [2.05, 4.69) is 25.3 Å². The average molecular weight is 639 g/mol. The molecule has 46 heavy (non-hydrogen) atoms. The predicted molar refractivity (Wildman–Crippen MR) is 156 cm³/mol. The summed E-state index contributed by atoms with van der Waals surface area (Å²) in [5.41, 5.74) is 3.57. The number of carbonyl (C=O) groups is 3. The van der Waals surface area contributed by atoms with Crippen LogP contribution in [0.3, 0.4) is 0 Å². The van der Waals surface area contributed by atoms with Crippen LogP contribution in [0, 0.1) is 6.92 Å². The summed E-state index contributed by atoms with van der Waals surface area (Å²) >= 11 is 0. The van der Waals surface area contributed by atoms with Crippen LogP contribution in [0.4, 0.5) is 32.0 Å². The Morgan fingerprint density at radius 3 is 2.37 bits per heavy atom. The van der Waals surface area contributed by atoms with E-state index in [4.69, 9.17) is 4.79 Å². The van der Waals surface area contributed by atoms with E-state index in [1.165, 1.54) is 29.5 Å². The summed E-state index contributed by atoms with van der Waals surface area (Å²) in [6, 6.07) is 14.2. The number of anilines is 1. The second-order valence-electron chi connectivity index (χ2n) is 9.90. The lowest BCUT2D eigenvalue weighted by molar-refractivity contribution is -0.156. The molecule has 15 heteroatoms. The Morgan fingerprint density at radius 2 is 1.70 bits per heavy atom. The fraction of sp³-hybridized carbons (Fsp3) is 0.0968. The maximum atomic E-state index is 13.7. The Balaban J connectivity index is 0.000000635. The lowest BCUT2D eigenvalue weighted by Gasteiger charge is -2.14. The number of aromatic nitrogens is 5. The van der Waals surface area contributed by atoms with Gasteiger partial charge in [0.05, 0.1) is 5.56 Å². The molecule has 234 valence electrons. The van der Waals surface area contributed by atoms with Crippen molar-refractivity contribution < 1.29 is 40.7 Å². The summed E-state index contributed by atoms with van der Waals surface area (Å²) in [6.07, 6.45) is -4.20. The molecule has 0 aliphatic rings. The summed E-state index contributed by atoms with van der Waals surface area (Å²) < 4.78 is 73.5. The van der Waals surface area contributed by atoms with E-state index in [1.807, 2.05) is 31.2 Å². The summed E-state index contributed by atoms with van der Waals surface area (Å²) in [7, 11) is 0. The minimum atomic E-state index is -4.69. The van der Waals surface area contributed by atoms with E-state index in [0.717, 1.165) is 50.8 Å². The Labute approximate surface area is 254 Å². The zero-order valence-electron chi connectivity index (χ0n) is 23.4. The second kappa shape index (κ2) is 12.3. The van der Waals surface area contributed by atoms with Gasteiger partial charge in [-0.05, 0) is 60.0 Å². The first-order chi connectivity index (χ1) is 21.8. The van der Waals surface area contributed by atoms with Crippen LogP contribution in [0.25, 0.3) is 38.8 Å². The third-order valence-corrected chi connectivity index (χ3v) is 6.74. The molecule has 1 amide bonds. The van der Waals surface area contributed by atoms with Crippen molar-refractivity contribution in [2.45, 2.75) is 19.3 Å². The molecule has 0 radical (unpaired) electrons. The first-order valence-electron chi connectivity index (χ1n) is 13.1. The number of amides is 1. The van der Waals surface area contributed by atoms with Crippen LogP contribution < -0.4 is 5.32 Å². The van der Waals surface area contributed by atoms with Gasteiger partial charge in [0.25, 0.3) is 5.91 Å². The quantitative estimate of drug-likeness (QED) is 0.153. The fourth-order valence-corrected chi connectivity index (χ4v) is 4.61. The van der Waals surface area contributed by atoms with Gasteiger partial charge in [0.15, 0.2) is 6.29 Å². The SMILES string of the molecule is Cc1ccc(NC(=O)c2cc(-n3cnc(C=O)c3)cc(C(F)(F)F)c2)cc1-c1ccc2c(c1)[nH]c1ncncc12.O=CC(F)(F)F.